The smallest absolute Gasteiger partial charge is 0.355 e. The number of likely N-dealkylation sites (tertiary alicyclic amines) is 1. The fraction of sp³-hybridized carbons (Fsp3) is 0.549. The van der Waals surface area contributed by atoms with E-state index < -0.39 is 53.0 Å². The van der Waals surface area contributed by atoms with E-state index in [0.717, 1.165) is 39.0 Å². The van der Waals surface area contributed by atoms with E-state index in [1.54, 1.807) is 30.2 Å². The maximum absolute atomic E-state index is 14.8. The summed E-state index contributed by atoms with van der Waals surface area (Å²) in [7, 11) is 3.23. The number of hydrazine groups is 1. The van der Waals surface area contributed by atoms with Crippen molar-refractivity contribution in [3.63, 3.8) is 0 Å². The van der Waals surface area contributed by atoms with Gasteiger partial charge in [0.25, 0.3) is 5.91 Å². The van der Waals surface area contributed by atoms with Crippen LogP contribution in [0.15, 0.2) is 54.6 Å². The number of carbonyl (C=O) groups is 5. The van der Waals surface area contributed by atoms with Crippen LogP contribution in [0, 0.1) is 11.3 Å². The lowest BCUT2D eigenvalue weighted by Gasteiger charge is -2.47. The number of piperidine rings is 1. The number of likely N-dealkylation sites (N-methyl/N-ethyl adjacent to an activating group) is 1. The number of aryl methyl sites for hydroxylation is 1. The number of urea groups is 1. The van der Waals surface area contributed by atoms with Gasteiger partial charge in [0.05, 0.1) is 53.6 Å². The van der Waals surface area contributed by atoms with Crippen LogP contribution in [-0.4, -0.2) is 153 Å². The summed E-state index contributed by atoms with van der Waals surface area (Å²) in [6.07, 6.45) is 3.72. The Hall–Kier alpha value is -5.73. The highest BCUT2D eigenvalue weighted by Crippen LogP contribution is 2.42. The summed E-state index contributed by atoms with van der Waals surface area (Å²) in [6.45, 7) is 17.5. The number of cyclic esters (lactones) is 1. The van der Waals surface area contributed by atoms with Crippen molar-refractivity contribution in [2.24, 2.45) is 11.3 Å². The SMILES string of the molecule is C=CC(=O)N1CCO[C@H]2CCN(C(=O)N(C)[C@H](C(=O)N[C@H]3Cc4nc(cs4)-c4ccc5c(c4)c(c(-c4cccnc4[C@H](C)OC)n5CC)CC(C)(C)COC(=O)[C@@]4(O)CCCN(N4)C3=O)C(C)C)C[C@H]21. The molecule has 6 bridgehead atoms. The molecule has 19 heteroatoms. The molecule has 0 unspecified atom stereocenters. The molecule has 5 amide bonds. The van der Waals surface area contributed by atoms with Gasteiger partial charge in [0, 0.05) is 98.7 Å². The highest BCUT2D eigenvalue weighted by atomic mass is 32.1. The Kier molecular flexibility index (Phi) is 14.9. The number of aliphatic hydroxyl groups is 1. The number of hydrogen-bond acceptors (Lipinski definition) is 13. The van der Waals surface area contributed by atoms with E-state index in [0.29, 0.717) is 49.8 Å². The van der Waals surface area contributed by atoms with Crippen molar-refractivity contribution in [2.75, 3.05) is 53.6 Å². The van der Waals surface area contributed by atoms with Gasteiger partial charge in [-0.3, -0.25) is 24.4 Å². The zero-order chi connectivity index (χ0) is 50.2. The van der Waals surface area contributed by atoms with Gasteiger partial charge in [-0.15, -0.1) is 11.3 Å². The molecule has 0 aliphatic carbocycles. The molecule has 70 heavy (non-hydrogen) atoms. The monoisotopic (exact) mass is 981 g/mol. The molecule has 3 fully saturated rings. The maximum atomic E-state index is 14.8. The Labute approximate surface area is 413 Å². The average Bonchev–Trinajstić information content (AvgIpc) is 3.95. The maximum Gasteiger partial charge on any atom is 0.355 e. The molecule has 376 valence electrons. The van der Waals surface area contributed by atoms with E-state index in [4.69, 9.17) is 24.2 Å². The summed E-state index contributed by atoms with van der Waals surface area (Å²) in [4.78, 5) is 85.1. The predicted molar refractivity (Wildman–Crippen MR) is 264 cm³/mol. The molecule has 4 aliphatic rings. The second-order valence-corrected chi connectivity index (χ2v) is 21.0. The quantitative estimate of drug-likeness (QED) is 0.149. The molecule has 4 aliphatic heterocycles. The Morgan fingerprint density at radius 3 is 2.67 bits per heavy atom. The lowest BCUT2D eigenvalue weighted by molar-refractivity contribution is -0.189. The van der Waals surface area contributed by atoms with Gasteiger partial charge in [-0.1, -0.05) is 40.3 Å². The van der Waals surface area contributed by atoms with Gasteiger partial charge in [-0.05, 0) is 74.9 Å². The van der Waals surface area contributed by atoms with Crippen molar-refractivity contribution < 1.29 is 43.3 Å². The number of ether oxygens (including phenoxy) is 3. The minimum Gasteiger partial charge on any atom is -0.462 e. The molecule has 1 aromatic carbocycles. The number of carbonyl (C=O) groups excluding carboxylic acids is 5. The van der Waals surface area contributed by atoms with Crippen LogP contribution in [0.25, 0.3) is 33.4 Å². The number of rotatable bonds is 9. The molecule has 3 saturated heterocycles. The van der Waals surface area contributed by atoms with E-state index in [2.05, 4.69) is 47.0 Å². The summed E-state index contributed by atoms with van der Waals surface area (Å²) in [5.74, 6) is -2.71. The van der Waals surface area contributed by atoms with E-state index in [9.17, 15) is 29.1 Å². The number of hydrogen-bond donors (Lipinski definition) is 3. The first-order chi connectivity index (χ1) is 33.4. The van der Waals surface area contributed by atoms with E-state index in [-0.39, 0.29) is 63.1 Å². The molecule has 4 aromatic rings. The van der Waals surface area contributed by atoms with E-state index in [1.807, 2.05) is 52.1 Å². The fourth-order valence-electron chi connectivity index (χ4n) is 10.6. The van der Waals surface area contributed by atoms with E-state index >= 15 is 0 Å². The van der Waals surface area contributed by atoms with Crippen LogP contribution in [0.2, 0.25) is 0 Å². The van der Waals surface area contributed by atoms with Crippen LogP contribution in [0.1, 0.15) is 83.2 Å². The van der Waals surface area contributed by atoms with Crippen LogP contribution in [0.3, 0.4) is 0 Å². The predicted octanol–water partition coefficient (Wildman–Crippen LogP) is 5.09. The van der Waals surface area contributed by atoms with Gasteiger partial charge in [0.1, 0.15) is 12.1 Å². The number of thiazole rings is 1. The molecule has 3 N–H and O–H groups in total. The summed E-state index contributed by atoms with van der Waals surface area (Å²) in [5.41, 5.74) is 6.18. The Bertz CT molecular complexity index is 2650. The number of benzene rings is 1. The number of morpholine rings is 1. The number of nitrogens with zero attached hydrogens (tertiary/aromatic N) is 7. The van der Waals surface area contributed by atoms with Gasteiger partial charge in [-0.25, -0.2) is 14.6 Å². The van der Waals surface area contributed by atoms with E-state index in [1.165, 1.54) is 27.3 Å². The molecule has 18 nitrogen and oxygen atoms in total. The number of amides is 5. The average molecular weight is 982 g/mol. The number of esters is 1. The third-order valence-electron chi connectivity index (χ3n) is 14.2. The molecular weight excluding hydrogens is 915 g/mol. The number of nitrogens with one attached hydrogen (secondary N) is 2. The number of aromatic nitrogens is 3. The van der Waals surface area contributed by atoms with Crippen molar-refractivity contribution in [3.8, 4) is 22.5 Å². The van der Waals surface area contributed by atoms with Gasteiger partial charge >= 0.3 is 12.0 Å². The van der Waals surface area contributed by atoms with Crippen LogP contribution in [-0.2, 0) is 52.8 Å². The standard InChI is InChI=1S/C51H67N9O9S/c1-10-42(61)59-22-23-68-40-17-21-57(27-39(40)59)49(65)56(8)44(30(3)4)46(62)54-36-25-41-53-37(28-70-41)32-15-16-38-34(24-32)35(45(58(38)11-2)33-14-12-19-52-43(33)31(5)67-9)26-50(6,7)29-69-48(64)51(66)18-13-20-60(55-51)47(36)63/h10,12,14-16,19,24,28,30-31,36,39-40,44,55,66H,1,11,13,17-18,20-23,25-27,29H2,2-9H3,(H,54,62)/t31-,36-,39+,40-,44-,51-/m0/s1. The Morgan fingerprint density at radius 1 is 1.16 bits per heavy atom. The highest BCUT2D eigenvalue weighted by Gasteiger charge is 2.46. The molecule has 8 rings (SSSR count). The highest BCUT2D eigenvalue weighted by molar-refractivity contribution is 7.10. The molecule has 7 heterocycles. The molecule has 0 saturated carbocycles. The summed E-state index contributed by atoms with van der Waals surface area (Å²) < 4.78 is 20.0. The van der Waals surface area contributed by atoms with Crippen molar-refractivity contribution in [1.82, 2.24) is 45.0 Å². The molecule has 6 atom stereocenters. The van der Waals surface area contributed by atoms with Gasteiger partial charge in [0.2, 0.25) is 17.5 Å². The third-order valence-corrected chi connectivity index (χ3v) is 15.1. The molecule has 0 spiro atoms. The zero-order valence-corrected chi connectivity index (χ0v) is 42.3. The second kappa shape index (κ2) is 20.5. The lowest BCUT2D eigenvalue weighted by atomic mass is 9.84. The van der Waals surface area contributed by atoms with Crippen molar-refractivity contribution in [3.05, 3.63) is 70.8 Å². The normalized spacial score (nSPS) is 23.8. The minimum absolute atomic E-state index is 0.0205. The van der Waals surface area contributed by atoms with Gasteiger partial charge < -0.3 is 43.9 Å². The molecule has 0 radical (unpaired) electrons. The largest absolute Gasteiger partial charge is 0.462 e. The number of pyridine rings is 1. The van der Waals surface area contributed by atoms with Crippen LogP contribution < -0.4 is 10.7 Å². The second-order valence-electron chi connectivity index (χ2n) is 20.0. The van der Waals surface area contributed by atoms with Crippen LogP contribution in [0.4, 0.5) is 4.79 Å². The van der Waals surface area contributed by atoms with Gasteiger partial charge in [0.15, 0.2) is 0 Å². The van der Waals surface area contributed by atoms with Crippen molar-refractivity contribution in [2.45, 2.75) is 116 Å². The lowest BCUT2D eigenvalue weighted by Crippen LogP contribution is -2.67. The fourth-order valence-corrected chi connectivity index (χ4v) is 11.4. The van der Waals surface area contributed by atoms with Crippen LogP contribution >= 0.6 is 11.3 Å². The summed E-state index contributed by atoms with van der Waals surface area (Å²) in [6, 6.07) is 7.23. The van der Waals surface area contributed by atoms with Crippen molar-refractivity contribution >= 4 is 52.0 Å². The topological polar surface area (TPSA) is 201 Å². The first kappa shape index (κ1) is 50.7. The van der Waals surface area contributed by atoms with Crippen molar-refractivity contribution in [1.29, 1.82) is 0 Å². The summed E-state index contributed by atoms with van der Waals surface area (Å²) >= 11 is 1.35. The first-order valence-corrected chi connectivity index (χ1v) is 25.2. The Morgan fingerprint density at radius 2 is 1.94 bits per heavy atom. The zero-order valence-electron chi connectivity index (χ0n) is 41.5. The number of methoxy groups -OCH3 is 1. The third kappa shape index (κ3) is 9.95. The number of fused-ring (bicyclic) bond motifs is 7. The van der Waals surface area contributed by atoms with Gasteiger partial charge in [-0.2, -0.15) is 5.43 Å². The van der Waals surface area contributed by atoms with Crippen LogP contribution in [0.5, 0.6) is 0 Å². The molecule has 3 aromatic heterocycles. The minimum atomic E-state index is -2.24. The Balaban J connectivity index is 1.15. The molecular formula is C51H67N9O9S. The summed E-state index contributed by atoms with van der Waals surface area (Å²) in [5, 5.41) is 19.6. The first-order valence-electron chi connectivity index (χ1n) is 24.3.